The van der Waals surface area contributed by atoms with Crippen molar-refractivity contribution in [3.05, 3.63) is 0 Å². The molecule has 2 N–H and O–H groups in total. The number of likely N-dealkylation sites (N-methyl/N-ethyl adjacent to an activating group) is 1. The van der Waals surface area contributed by atoms with Crippen LogP contribution in [0.4, 0.5) is 4.79 Å². The molecule has 5 heteroatoms. The summed E-state index contributed by atoms with van der Waals surface area (Å²) in [5.74, 6) is -0.213. The van der Waals surface area contributed by atoms with Crippen LogP contribution in [0.25, 0.3) is 0 Å². The molecule has 1 saturated heterocycles. The van der Waals surface area contributed by atoms with Crippen LogP contribution in [0.3, 0.4) is 0 Å². The Kier molecular flexibility index (Phi) is 2.52. The van der Waals surface area contributed by atoms with E-state index < -0.39 is 12.1 Å². The van der Waals surface area contributed by atoms with Crippen LogP contribution in [0.15, 0.2) is 0 Å². The van der Waals surface area contributed by atoms with Crippen LogP contribution in [0.2, 0.25) is 0 Å². The predicted octanol–water partition coefficient (Wildman–Crippen LogP) is -0.125. The van der Waals surface area contributed by atoms with Gasteiger partial charge in [-0.05, 0) is 12.8 Å². The van der Waals surface area contributed by atoms with Crippen molar-refractivity contribution >= 4 is 12.0 Å². The van der Waals surface area contributed by atoms with Gasteiger partial charge in [-0.25, -0.2) is 4.79 Å². The van der Waals surface area contributed by atoms with Crippen molar-refractivity contribution in [1.29, 1.82) is 0 Å². The summed E-state index contributed by atoms with van der Waals surface area (Å²) in [4.78, 5) is 22.9. The molecule has 0 radical (unpaired) electrons. The molecular formula is C7H12N2O3. The van der Waals surface area contributed by atoms with Crippen molar-refractivity contribution < 1.29 is 14.7 Å². The van der Waals surface area contributed by atoms with Crippen LogP contribution in [-0.2, 0) is 4.79 Å². The molecule has 0 saturated carbocycles. The van der Waals surface area contributed by atoms with Crippen LogP contribution >= 0.6 is 0 Å². The molecule has 12 heavy (non-hydrogen) atoms. The normalized spacial score (nSPS) is 22.4. The summed E-state index contributed by atoms with van der Waals surface area (Å²) in [6.07, 6.45) is 0.386. The van der Waals surface area contributed by atoms with Crippen LogP contribution in [0, 0.1) is 0 Å². The molecule has 0 aromatic carbocycles. The van der Waals surface area contributed by atoms with Gasteiger partial charge in [0.15, 0.2) is 0 Å². The number of rotatable bonds is 1. The van der Waals surface area contributed by atoms with Gasteiger partial charge in [-0.3, -0.25) is 9.69 Å². The second kappa shape index (κ2) is 3.42. The van der Waals surface area contributed by atoms with Gasteiger partial charge < -0.3 is 10.4 Å². The van der Waals surface area contributed by atoms with Crippen molar-refractivity contribution in [3.63, 3.8) is 0 Å². The van der Waals surface area contributed by atoms with Crippen molar-refractivity contribution in [2.45, 2.75) is 18.9 Å². The second-order valence-corrected chi connectivity index (χ2v) is 2.75. The summed E-state index contributed by atoms with van der Waals surface area (Å²) in [6.45, 7) is 0.466. The molecule has 0 aliphatic carbocycles. The molecule has 0 aromatic heterocycles. The molecular weight excluding hydrogens is 160 g/mol. The van der Waals surface area contributed by atoms with E-state index in [1.807, 2.05) is 0 Å². The predicted molar refractivity (Wildman–Crippen MR) is 41.8 cm³/mol. The lowest BCUT2D eigenvalue weighted by atomic mass is 10.2. The minimum atomic E-state index is -1.01. The van der Waals surface area contributed by atoms with Gasteiger partial charge >= 0.3 is 6.09 Å². The molecule has 5 nitrogen and oxygen atoms in total. The van der Waals surface area contributed by atoms with Gasteiger partial charge in [0.1, 0.15) is 6.04 Å². The standard InChI is InChI=1S/C7H12N2O3/c1-8-6(10)5-3-2-4-9(5)7(11)12/h5H,2-4H2,1H3,(H,8,10)(H,11,12)/t5-/m0/s1. The first kappa shape index (κ1) is 8.83. The molecule has 0 unspecified atom stereocenters. The molecule has 1 rings (SSSR count). The smallest absolute Gasteiger partial charge is 0.407 e. The molecule has 1 aliphatic heterocycles. The Morgan fingerprint density at radius 3 is 2.75 bits per heavy atom. The van der Waals surface area contributed by atoms with E-state index in [4.69, 9.17) is 5.11 Å². The highest BCUT2D eigenvalue weighted by Crippen LogP contribution is 2.16. The number of hydrogen-bond acceptors (Lipinski definition) is 2. The third-order valence-electron chi connectivity index (χ3n) is 2.05. The number of carbonyl (C=O) groups excluding carboxylic acids is 1. The summed E-state index contributed by atoms with van der Waals surface area (Å²) in [5.41, 5.74) is 0. The topological polar surface area (TPSA) is 69.6 Å². The Morgan fingerprint density at radius 1 is 1.58 bits per heavy atom. The van der Waals surface area contributed by atoms with Crippen molar-refractivity contribution in [3.8, 4) is 0 Å². The van der Waals surface area contributed by atoms with E-state index in [0.717, 1.165) is 6.42 Å². The summed E-state index contributed by atoms with van der Waals surface area (Å²) >= 11 is 0. The fourth-order valence-corrected chi connectivity index (χ4v) is 1.43. The second-order valence-electron chi connectivity index (χ2n) is 2.75. The molecule has 0 spiro atoms. The van der Waals surface area contributed by atoms with E-state index in [2.05, 4.69) is 5.32 Å². The minimum absolute atomic E-state index is 0.213. The van der Waals surface area contributed by atoms with E-state index in [9.17, 15) is 9.59 Å². The molecule has 2 amide bonds. The molecule has 0 aromatic rings. The number of nitrogens with zero attached hydrogens (tertiary/aromatic N) is 1. The van der Waals surface area contributed by atoms with Crippen LogP contribution in [0.5, 0.6) is 0 Å². The molecule has 1 heterocycles. The number of likely N-dealkylation sites (tertiary alicyclic amines) is 1. The van der Waals surface area contributed by atoms with Crippen LogP contribution < -0.4 is 5.32 Å². The SMILES string of the molecule is CNC(=O)[C@@H]1CCCN1C(=O)O. The summed E-state index contributed by atoms with van der Waals surface area (Å²) < 4.78 is 0. The third kappa shape index (κ3) is 1.49. The highest BCUT2D eigenvalue weighted by Gasteiger charge is 2.33. The first-order chi connectivity index (χ1) is 5.66. The minimum Gasteiger partial charge on any atom is -0.465 e. The lowest BCUT2D eigenvalue weighted by Gasteiger charge is -2.19. The first-order valence-electron chi connectivity index (χ1n) is 3.88. The average Bonchev–Trinajstić information content (AvgIpc) is 2.50. The fraction of sp³-hybridized carbons (Fsp3) is 0.714. The average molecular weight is 172 g/mol. The van der Waals surface area contributed by atoms with E-state index >= 15 is 0 Å². The highest BCUT2D eigenvalue weighted by atomic mass is 16.4. The Hall–Kier alpha value is -1.26. The lowest BCUT2D eigenvalue weighted by Crippen LogP contribution is -2.44. The molecule has 68 valence electrons. The van der Waals surface area contributed by atoms with Gasteiger partial charge in [-0.1, -0.05) is 0 Å². The number of nitrogens with one attached hydrogen (secondary N) is 1. The van der Waals surface area contributed by atoms with E-state index in [1.165, 1.54) is 11.9 Å². The molecule has 0 bridgehead atoms. The zero-order valence-corrected chi connectivity index (χ0v) is 6.91. The maximum absolute atomic E-state index is 11.1. The fourth-order valence-electron chi connectivity index (χ4n) is 1.43. The third-order valence-corrected chi connectivity index (χ3v) is 2.05. The zero-order chi connectivity index (χ0) is 9.14. The van der Waals surface area contributed by atoms with Crippen LogP contribution in [0.1, 0.15) is 12.8 Å². The number of carboxylic acid groups (broad SMARTS) is 1. The maximum atomic E-state index is 11.1. The molecule has 1 fully saturated rings. The van der Waals surface area contributed by atoms with Crippen LogP contribution in [-0.4, -0.2) is 41.6 Å². The molecule has 1 atom stereocenters. The Bertz CT molecular complexity index is 205. The monoisotopic (exact) mass is 172 g/mol. The van der Waals surface area contributed by atoms with E-state index in [1.54, 1.807) is 0 Å². The van der Waals surface area contributed by atoms with Gasteiger partial charge in [-0.2, -0.15) is 0 Å². The lowest BCUT2D eigenvalue weighted by molar-refractivity contribution is -0.124. The van der Waals surface area contributed by atoms with E-state index in [-0.39, 0.29) is 5.91 Å². The number of carbonyl (C=O) groups is 2. The van der Waals surface area contributed by atoms with Crippen molar-refractivity contribution in [1.82, 2.24) is 10.2 Å². The van der Waals surface area contributed by atoms with Gasteiger partial charge in [0.2, 0.25) is 5.91 Å². The first-order valence-corrected chi connectivity index (χ1v) is 3.88. The van der Waals surface area contributed by atoms with Gasteiger partial charge in [0, 0.05) is 13.6 Å². The van der Waals surface area contributed by atoms with Gasteiger partial charge in [-0.15, -0.1) is 0 Å². The Morgan fingerprint density at radius 2 is 2.25 bits per heavy atom. The maximum Gasteiger partial charge on any atom is 0.407 e. The zero-order valence-electron chi connectivity index (χ0n) is 6.91. The quantitative estimate of drug-likeness (QED) is 0.579. The Labute approximate surface area is 70.4 Å². The number of amides is 2. The Balaban J connectivity index is 2.63. The van der Waals surface area contributed by atoms with Crippen molar-refractivity contribution in [2.24, 2.45) is 0 Å². The number of hydrogen-bond donors (Lipinski definition) is 2. The van der Waals surface area contributed by atoms with Gasteiger partial charge in [0.25, 0.3) is 0 Å². The highest BCUT2D eigenvalue weighted by molar-refractivity contribution is 5.85. The summed E-state index contributed by atoms with van der Waals surface area (Å²) in [7, 11) is 1.51. The van der Waals surface area contributed by atoms with Gasteiger partial charge in [0.05, 0.1) is 0 Å². The van der Waals surface area contributed by atoms with Crippen molar-refractivity contribution in [2.75, 3.05) is 13.6 Å². The summed E-state index contributed by atoms with van der Waals surface area (Å²) in [6, 6.07) is -0.479. The summed E-state index contributed by atoms with van der Waals surface area (Å²) in [5, 5.41) is 11.1. The molecule has 1 aliphatic rings. The largest absolute Gasteiger partial charge is 0.465 e. The van der Waals surface area contributed by atoms with E-state index in [0.29, 0.717) is 13.0 Å².